The average molecular weight is 355 g/mol. The standard InChI is InChI=1S/C16H16F3N3OS/c17-16(18,19)13-3-1-2-12(10-13)11-14(23)21-5-7-22(8-6-21)15-20-4-9-24-15/h1-4,9-10H,5-8,11H2. The summed E-state index contributed by atoms with van der Waals surface area (Å²) < 4.78 is 38.2. The molecule has 1 aliphatic rings. The zero-order chi connectivity index (χ0) is 17.2. The number of rotatable bonds is 3. The van der Waals surface area contributed by atoms with E-state index in [1.807, 2.05) is 5.38 Å². The van der Waals surface area contributed by atoms with Gasteiger partial charge in [0.15, 0.2) is 5.13 Å². The van der Waals surface area contributed by atoms with Gasteiger partial charge < -0.3 is 9.80 Å². The number of aromatic nitrogens is 1. The highest BCUT2D eigenvalue weighted by molar-refractivity contribution is 7.13. The number of hydrogen-bond donors (Lipinski definition) is 0. The number of anilines is 1. The van der Waals surface area contributed by atoms with Gasteiger partial charge in [0.1, 0.15) is 0 Å². The fraction of sp³-hybridized carbons (Fsp3) is 0.375. The number of carbonyl (C=O) groups is 1. The number of piperazine rings is 1. The van der Waals surface area contributed by atoms with Crippen molar-refractivity contribution in [2.75, 3.05) is 31.1 Å². The Morgan fingerprint density at radius 3 is 2.58 bits per heavy atom. The molecule has 1 fully saturated rings. The van der Waals surface area contributed by atoms with Crippen LogP contribution in [0.5, 0.6) is 0 Å². The first-order valence-electron chi connectivity index (χ1n) is 7.52. The molecule has 0 N–H and O–H groups in total. The molecule has 2 heterocycles. The third-order valence-electron chi connectivity index (χ3n) is 3.93. The Kier molecular flexibility index (Phi) is 4.75. The maximum Gasteiger partial charge on any atom is 0.416 e. The van der Waals surface area contributed by atoms with Gasteiger partial charge in [0.05, 0.1) is 12.0 Å². The van der Waals surface area contributed by atoms with E-state index in [0.717, 1.165) is 17.3 Å². The summed E-state index contributed by atoms with van der Waals surface area (Å²) in [5.74, 6) is -0.145. The van der Waals surface area contributed by atoms with Crippen LogP contribution in [0.15, 0.2) is 35.8 Å². The van der Waals surface area contributed by atoms with Crippen LogP contribution in [-0.2, 0) is 17.4 Å². The van der Waals surface area contributed by atoms with E-state index in [1.165, 1.54) is 6.07 Å². The fourth-order valence-corrected chi connectivity index (χ4v) is 3.36. The van der Waals surface area contributed by atoms with Gasteiger partial charge in [-0.2, -0.15) is 13.2 Å². The lowest BCUT2D eigenvalue weighted by Gasteiger charge is -2.34. The quantitative estimate of drug-likeness (QED) is 0.849. The number of carbonyl (C=O) groups excluding carboxylic acids is 1. The molecular formula is C16H16F3N3OS. The van der Waals surface area contributed by atoms with Gasteiger partial charge >= 0.3 is 6.18 Å². The molecule has 1 aromatic carbocycles. The zero-order valence-electron chi connectivity index (χ0n) is 12.8. The van der Waals surface area contributed by atoms with E-state index in [4.69, 9.17) is 0 Å². The van der Waals surface area contributed by atoms with Gasteiger partial charge in [-0.05, 0) is 11.6 Å². The second-order valence-electron chi connectivity index (χ2n) is 5.56. The molecule has 0 spiro atoms. The van der Waals surface area contributed by atoms with Crippen molar-refractivity contribution < 1.29 is 18.0 Å². The summed E-state index contributed by atoms with van der Waals surface area (Å²) in [5, 5.41) is 2.83. The molecule has 1 saturated heterocycles. The van der Waals surface area contributed by atoms with E-state index in [1.54, 1.807) is 28.5 Å². The molecule has 0 unspecified atom stereocenters. The molecule has 128 valence electrons. The van der Waals surface area contributed by atoms with Crippen LogP contribution in [-0.4, -0.2) is 42.0 Å². The monoisotopic (exact) mass is 355 g/mol. The number of alkyl halides is 3. The number of benzene rings is 1. The van der Waals surface area contributed by atoms with Crippen LogP contribution in [0.25, 0.3) is 0 Å². The normalized spacial score (nSPS) is 15.6. The molecule has 1 amide bonds. The van der Waals surface area contributed by atoms with Crippen LogP contribution in [0.4, 0.5) is 18.3 Å². The Morgan fingerprint density at radius 2 is 1.96 bits per heavy atom. The largest absolute Gasteiger partial charge is 0.416 e. The van der Waals surface area contributed by atoms with Gasteiger partial charge in [-0.3, -0.25) is 4.79 Å². The molecule has 8 heteroatoms. The summed E-state index contributed by atoms with van der Waals surface area (Å²) >= 11 is 1.55. The zero-order valence-corrected chi connectivity index (χ0v) is 13.6. The fourth-order valence-electron chi connectivity index (χ4n) is 2.66. The summed E-state index contributed by atoms with van der Waals surface area (Å²) in [6.45, 7) is 2.47. The molecule has 0 saturated carbocycles. The Balaban J connectivity index is 1.58. The van der Waals surface area contributed by atoms with Crippen LogP contribution >= 0.6 is 11.3 Å². The van der Waals surface area contributed by atoms with E-state index < -0.39 is 11.7 Å². The molecule has 0 bridgehead atoms. The van der Waals surface area contributed by atoms with Crippen molar-refractivity contribution in [3.8, 4) is 0 Å². The molecule has 1 aromatic heterocycles. The lowest BCUT2D eigenvalue weighted by Crippen LogP contribution is -2.49. The van der Waals surface area contributed by atoms with Crippen molar-refractivity contribution in [2.24, 2.45) is 0 Å². The van der Waals surface area contributed by atoms with E-state index in [9.17, 15) is 18.0 Å². The molecule has 2 aromatic rings. The SMILES string of the molecule is O=C(Cc1cccc(C(F)(F)F)c1)N1CCN(c2nccs2)CC1. The Hall–Kier alpha value is -2.09. The summed E-state index contributed by atoms with van der Waals surface area (Å²) in [6.07, 6.45) is -2.66. The summed E-state index contributed by atoms with van der Waals surface area (Å²) in [7, 11) is 0. The highest BCUT2D eigenvalue weighted by Gasteiger charge is 2.30. The second-order valence-corrected chi connectivity index (χ2v) is 6.43. The Bertz CT molecular complexity index is 695. The molecular weight excluding hydrogens is 339 g/mol. The Morgan fingerprint density at radius 1 is 1.21 bits per heavy atom. The van der Waals surface area contributed by atoms with Crippen molar-refractivity contribution in [3.05, 3.63) is 47.0 Å². The van der Waals surface area contributed by atoms with E-state index in [-0.39, 0.29) is 12.3 Å². The topological polar surface area (TPSA) is 36.4 Å². The molecule has 4 nitrogen and oxygen atoms in total. The summed E-state index contributed by atoms with van der Waals surface area (Å²) in [6, 6.07) is 4.95. The van der Waals surface area contributed by atoms with Crippen LogP contribution in [0, 0.1) is 0 Å². The number of halogens is 3. The van der Waals surface area contributed by atoms with Gasteiger partial charge in [-0.1, -0.05) is 18.2 Å². The first-order valence-corrected chi connectivity index (χ1v) is 8.40. The molecule has 3 rings (SSSR count). The van der Waals surface area contributed by atoms with E-state index >= 15 is 0 Å². The number of hydrogen-bond acceptors (Lipinski definition) is 4. The van der Waals surface area contributed by atoms with Gasteiger partial charge in [-0.25, -0.2) is 4.98 Å². The number of amides is 1. The third kappa shape index (κ3) is 3.87. The minimum atomic E-state index is -4.39. The summed E-state index contributed by atoms with van der Waals surface area (Å²) in [4.78, 5) is 20.4. The van der Waals surface area contributed by atoms with Gasteiger partial charge in [0.2, 0.25) is 5.91 Å². The predicted octanol–water partition coefficient (Wildman–Crippen LogP) is 3.05. The molecule has 1 aliphatic heterocycles. The molecule has 0 radical (unpaired) electrons. The van der Waals surface area contributed by atoms with Crippen molar-refractivity contribution in [3.63, 3.8) is 0 Å². The molecule has 0 atom stereocenters. The molecule has 0 aliphatic carbocycles. The van der Waals surface area contributed by atoms with Gasteiger partial charge in [-0.15, -0.1) is 11.3 Å². The number of thiazole rings is 1. The van der Waals surface area contributed by atoms with Crippen LogP contribution < -0.4 is 4.90 Å². The van der Waals surface area contributed by atoms with Crippen LogP contribution in [0.2, 0.25) is 0 Å². The van der Waals surface area contributed by atoms with E-state index in [0.29, 0.717) is 31.7 Å². The number of nitrogens with zero attached hydrogens (tertiary/aromatic N) is 3. The van der Waals surface area contributed by atoms with Crippen LogP contribution in [0.1, 0.15) is 11.1 Å². The first kappa shape index (κ1) is 16.8. The average Bonchev–Trinajstić information content (AvgIpc) is 3.09. The van der Waals surface area contributed by atoms with Crippen molar-refractivity contribution in [2.45, 2.75) is 12.6 Å². The van der Waals surface area contributed by atoms with Crippen molar-refractivity contribution >= 4 is 22.4 Å². The highest BCUT2D eigenvalue weighted by atomic mass is 32.1. The minimum absolute atomic E-state index is 0.0127. The second kappa shape index (κ2) is 6.80. The smallest absolute Gasteiger partial charge is 0.345 e. The first-order chi connectivity index (χ1) is 11.4. The van der Waals surface area contributed by atoms with Gasteiger partial charge in [0, 0.05) is 37.8 Å². The van der Waals surface area contributed by atoms with Crippen molar-refractivity contribution in [1.82, 2.24) is 9.88 Å². The maximum atomic E-state index is 12.7. The summed E-state index contributed by atoms with van der Waals surface area (Å²) in [5.41, 5.74) is -0.335. The predicted molar refractivity (Wildman–Crippen MR) is 86.1 cm³/mol. The lowest BCUT2D eigenvalue weighted by atomic mass is 10.1. The Labute approximate surface area is 141 Å². The minimum Gasteiger partial charge on any atom is -0.345 e. The van der Waals surface area contributed by atoms with Gasteiger partial charge in [0.25, 0.3) is 0 Å². The van der Waals surface area contributed by atoms with E-state index in [2.05, 4.69) is 9.88 Å². The third-order valence-corrected chi connectivity index (χ3v) is 4.76. The highest BCUT2D eigenvalue weighted by Crippen LogP contribution is 2.29. The maximum absolute atomic E-state index is 12.7. The lowest BCUT2D eigenvalue weighted by molar-refractivity contribution is -0.138. The van der Waals surface area contributed by atoms with Crippen LogP contribution in [0.3, 0.4) is 0 Å². The van der Waals surface area contributed by atoms with Crippen molar-refractivity contribution in [1.29, 1.82) is 0 Å². The molecule has 24 heavy (non-hydrogen) atoms.